The van der Waals surface area contributed by atoms with E-state index in [0.717, 1.165) is 21.9 Å². The molecule has 4 amide bonds. The molecule has 12 nitrogen and oxygen atoms in total. The fraction of sp³-hybridized carbons (Fsp3) is 0.395. The summed E-state index contributed by atoms with van der Waals surface area (Å²) in [6.45, 7) is 7.59. The summed E-state index contributed by atoms with van der Waals surface area (Å²) >= 11 is 0. The average Bonchev–Trinajstić information content (AvgIpc) is 3.63. The maximum absolute atomic E-state index is 14.1. The minimum atomic E-state index is -1.52. The van der Waals surface area contributed by atoms with Gasteiger partial charge in [0.2, 0.25) is 11.8 Å². The van der Waals surface area contributed by atoms with Gasteiger partial charge in [-0.05, 0) is 47.6 Å². The number of alkyl carbamates (subject to hydrolysis) is 1. The number of nitrogens with one attached hydrogen (secondary N) is 5. The maximum Gasteiger partial charge on any atom is 0.408 e. The Hall–Kier alpha value is -5.23. The van der Waals surface area contributed by atoms with Crippen molar-refractivity contribution < 1.29 is 29.0 Å². The number of carbonyl (C=O) groups excluding carboxylic acids is 4. The molecule has 2 unspecified atom stereocenters. The topological polar surface area (TPSA) is 175 Å². The van der Waals surface area contributed by atoms with Crippen LogP contribution in [0.15, 0.2) is 85.3 Å². The molecular weight excluding hydrogens is 636 g/mol. The van der Waals surface area contributed by atoms with Gasteiger partial charge in [0.15, 0.2) is 6.10 Å². The van der Waals surface area contributed by atoms with Gasteiger partial charge in [-0.3, -0.25) is 14.4 Å². The summed E-state index contributed by atoms with van der Waals surface area (Å²) in [6.07, 6.45) is 1.85. The zero-order valence-electron chi connectivity index (χ0n) is 29.0. The van der Waals surface area contributed by atoms with Crippen molar-refractivity contribution in [1.29, 1.82) is 0 Å². The molecule has 1 aromatic heterocycles. The smallest absolute Gasteiger partial charge is 0.408 e. The molecule has 0 aliphatic rings. The lowest BCUT2D eigenvalue weighted by Crippen LogP contribution is -2.59. The molecule has 4 rings (SSSR count). The largest absolute Gasteiger partial charge is 0.445 e. The normalized spacial score (nSPS) is 14.2. The van der Waals surface area contributed by atoms with Crippen LogP contribution in [0.1, 0.15) is 57.4 Å². The number of hydrogen-bond acceptors (Lipinski definition) is 7. The number of amides is 4. The third-order valence-corrected chi connectivity index (χ3v) is 8.43. The van der Waals surface area contributed by atoms with Crippen molar-refractivity contribution in [3.63, 3.8) is 0 Å². The fourth-order valence-electron chi connectivity index (χ4n) is 5.57. The van der Waals surface area contributed by atoms with Gasteiger partial charge in [-0.25, -0.2) is 9.78 Å². The van der Waals surface area contributed by atoms with Crippen molar-refractivity contribution >= 4 is 34.6 Å². The Morgan fingerprint density at radius 1 is 0.800 bits per heavy atom. The summed E-state index contributed by atoms with van der Waals surface area (Å²) in [7, 11) is 0. The summed E-state index contributed by atoms with van der Waals surface area (Å²) < 4.78 is 5.46. The first-order chi connectivity index (χ1) is 24.0. The number of aliphatic hydroxyl groups excluding tert-OH is 1. The third-order valence-electron chi connectivity index (χ3n) is 8.43. The number of fused-ring (bicyclic) bond motifs is 1. The van der Waals surface area contributed by atoms with Crippen molar-refractivity contribution in [3.05, 3.63) is 102 Å². The highest BCUT2D eigenvalue weighted by atomic mass is 16.5. The van der Waals surface area contributed by atoms with E-state index in [1.807, 2.05) is 100 Å². The molecule has 0 radical (unpaired) electrons. The van der Waals surface area contributed by atoms with E-state index in [1.54, 1.807) is 6.20 Å². The number of aromatic nitrogens is 2. The Balaban J connectivity index is 1.58. The number of hydrogen-bond donors (Lipinski definition) is 6. The van der Waals surface area contributed by atoms with Crippen LogP contribution in [-0.4, -0.2) is 69.2 Å². The second kappa shape index (κ2) is 18.5. The second-order valence-electron chi connectivity index (χ2n) is 12.9. The molecule has 3 aromatic carbocycles. The molecule has 1 heterocycles. The monoisotopic (exact) mass is 684 g/mol. The van der Waals surface area contributed by atoms with Crippen molar-refractivity contribution in [1.82, 2.24) is 31.2 Å². The van der Waals surface area contributed by atoms with Crippen LogP contribution in [0.5, 0.6) is 0 Å². The summed E-state index contributed by atoms with van der Waals surface area (Å²) in [5.74, 6) is -1.80. The summed E-state index contributed by atoms with van der Waals surface area (Å²) in [4.78, 5) is 61.1. The quantitative estimate of drug-likeness (QED) is 0.0977. The highest BCUT2D eigenvalue weighted by Gasteiger charge is 2.33. The van der Waals surface area contributed by atoms with Crippen LogP contribution in [0, 0.1) is 5.92 Å². The zero-order valence-corrected chi connectivity index (χ0v) is 29.0. The number of aromatic amines is 1. The van der Waals surface area contributed by atoms with Crippen LogP contribution in [0.4, 0.5) is 4.79 Å². The number of aliphatic hydroxyl groups is 1. The summed E-state index contributed by atoms with van der Waals surface area (Å²) in [6, 6.07) is 19.2. The molecule has 0 aliphatic heterocycles. The lowest BCUT2D eigenvalue weighted by atomic mass is 9.97. The number of imidazole rings is 1. The first kappa shape index (κ1) is 37.6. The van der Waals surface area contributed by atoms with Gasteiger partial charge in [0.1, 0.15) is 18.7 Å². The molecular formula is C38H48N6O6. The van der Waals surface area contributed by atoms with Gasteiger partial charge in [-0.15, -0.1) is 0 Å². The van der Waals surface area contributed by atoms with Gasteiger partial charge < -0.3 is 36.1 Å². The molecule has 50 heavy (non-hydrogen) atoms. The van der Waals surface area contributed by atoms with Gasteiger partial charge in [-0.1, -0.05) is 93.6 Å². The molecule has 0 fully saturated rings. The number of carbonyl (C=O) groups is 4. The SMILES string of the molecule is CCC(C)NC(=O)[C@@H](O)[C@H](CC(C)C)NC(=O)C(Cc1c[nH]cn1)NC(=O)[C@H](Cc1cccc2ccccc12)NC(=O)OCc1ccccc1. The van der Waals surface area contributed by atoms with Gasteiger partial charge in [0.25, 0.3) is 5.91 Å². The molecule has 6 N–H and O–H groups in total. The molecule has 0 saturated heterocycles. The molecule has 0 spiro atoms. The number of rotatable bonds is 17. The van der Waals surface area contributed by atoms with E-state index >= 15 is 0 Å². The minimum Gasteiger partial charge on any atom is -0.445 e. The van der Waals surface area contributed by atoms with Gasteiger partial charge in [-0.2, -0.15) is 0 Å². The predicted octanol–water partition coefficient (Wildman–Crippen LogP) is 3.93. The number of nitrogens with zero attached hydrogens (tertiary/aromatic N) is 1. The molecule has 0 bridgehead atoms. The lowest BCUT2D eigenvalue weighted by Gasteiger charge is -2.29. The molecule has 0 saturated carbocycles. The molecule has 4 aromatic rings. The van der Waals surface area contributed by atoms with Gasteiger partial charge in [0.05, 0.1) is 18.1 Å². The Kier molecular flexibility index (Phi) is 13.9. The molecule has 5 atom stereocenters. The highest BCUT2D eigenvalue weighted by Crippen LogP contribution is 2.20. The van der Waals surface area contributed by atoms with Gasteiger partial charge in [0, 0.05) is 25.1 Å². The third kappa shape index (κ3) is 11.2. The van der Waals surface area contributed by atoms with E-state index < -0.39 is 48.0 Å². The lowest BCUT2D eigenvalue weighted by molar-refractivity contribution is -0.135. The van der Waals surface area contributed by atoms with E-state index in [9.17, 15) is 24.3 Å². The molecule has 0 aliphatic carbocycles. The second-order valence-corrected chi connectivity index (χ2v) is 12.9. The number of H-pyrrole nitrogens is 1. The average molecular weight is 685 g/mol. The van der Waals surface area contributed by atoms with E-state index in [-0.39, 0.29) is 31.4 Å². The Morgan fingerprint density at radius 2 is 1.48 bits per heavy atom. The fourth-order valence-corrected chi connectivity index (χ4v) is 5.57. The molecule has 266 valence electrons. The van der Waals surface area contributed by atoms with E-state index in [2.05, 4.69) is 31.2 Å². The number of benzene rings is 3. The summed E-state index contributed by atoms with van der Waals surface area (Å²) in [5, 5.41) is 24.0. The Morgan fingerprint density at radius 3 is 2.18 bits per heavy atom. The first-order valence-corrected chi connectivity index (χ1v) is 17.0. The predicted molar refractivity (Wildman–Crippen MR) is 191 cm³/mol. The van der Waals surface area contributed by atoms with Crippen LogP contribution >= 0.6 is 0 Å². The number of ether oxygens (including phenoxy) is 1. The van der Waals surface area contributed by atoms with Crippen LogP contribution in [0.25, 0.3) is 10.8 Å². The van der Waals surface area contributed by atoms with Crippen molar-refractivity contribution in [2.45, 2.75) is 90.3 Å². The summed E-state index contributed by atoms with van der Waals surface area (Å²) in [5.41, 5.74) is 2.10. The van der Waals surface area contributed by atoms with Crippen LogP contribution in [0.2, 0.25) is 0 Å². The standard InChI is InChI=1S/C38H48N6O6/c1-5-25(4)41-37(48)34(45)31(18-24(2)3)42-36(47)33(20-29-21-39-23-40-29)43-35(46)32(44-38(49)50-22-26-12-7-6-8-13-26)19-28-16-11-15-27-14-9-10-17-30(27)28/h6-17,21,23-25,31-34,45H,5,18-20,22H2,1-4H3,(H,39,40)(H,41,48)(H,42,47)(H,43,46)(H,44,49)/t25?,31-,32-,33?,34-/m0/s1. The zero-order chi connectivity index (χ0) is 36.0. The first-order valence-electron chi connectivity index (χ1n) is 17.0. The Bertz CT molecular complexity index is 1690. The van der Waals surface area contributed by atoms with Crippen LogP contribution in [-0.2, 0) is 38.6 Å². The van der Waals surface area contributed by atoms with Crippen molar-refractivity contribution in [2.24, 2.45) is 5.92 Å². The van der Waals surface area contributed by atoms with E-state index in [0.29, 0.717) is 18.5 Å². The minimum absolute atomic E-state index is 0.00362. The highest BCUT2D eigenvalue weighted by molar-refractivity contribution is 5.93. The van der Waals surface area contributed by atoms with Gasteiger partial charge >= 0.3 is 6.09 Å². The maximum atomic E-state index is 14.1. The van der Waals surface area contributed by atoms with E-state index in [1.165, 1.54) is 6.33 Å². The molecule has 12 heteroatoms. The van der Waals surface area contributed by atoms with Crippen LogP contribution < -0.4 is 21.3 Å². The van der Waals surface area contributed by atoms with Crippen molar-refractivity contribution in [3.8, 4) is 0 Å². The Labute approximate surface area is 292 Å². The van der Waals surface area contributed by atoms with Crippen LogP contribution in [0.3, 0.4) is 0 Å². The van der Waals surface area contributed by atoms with E-state index in [4.69, 9.17) is 4.74 Å². The van der Waals surface area contributed by atoms with Crippen molar-refractivity contribution in [2.75, 3.05) is 0 Å².